The van der Waals surface area contributed by atoms with Gasteiger partial charge in [-0.1, -0.05) is 13.0 Å². The summed E-state index contributed by atoms with van der Waals surface area (Å²) < 4.78 is 0. The summed E-state index contributed by atoms with van der Waals surface area (Å²) in [5.74, 6) is 0.528. The van der Waals surface area contributed by atoms with Crippen molar-refractivity contribution in [1.82, 2.24) is 0 Å². The molecule has 1 aromatic rings. The molecule has 3 nitrogen and oxygen atoms in total. The average molecular weight is 245 g/mol. The van der Waals surface area contributed by atoms with Crippen molar-refractivity contribution >= 4 is 11.6 Å². The molecule has 1 aromatic carbocycles. The zero-order chi connectivity index (χ0) is 13.2. The van der Waals surface area contributed by atoms with E-state index in [-0.39, 0.29) is 0 Å². The largest absolute Gasteiger partial charge is 0.370 e. The van der Waals surface area contributed by atoms with E-state index in [1.54, 1.807) is 0 Å². The van der Waals surface area contributed by atoms with Gasteiger partial charge in [-0.3, -0.25) is 4.99 Å². The Balaban J connectivity index is 1.97. The zero-order valence-corrected chi connectivity index (χ0v) is 11.6. The van der Waals surface area contributed by atoms with E-state index >= 15 is 0 Å². The van der Waals surface area contributed by atoms with E-state index in [9.17, 15) is 0 Å². The van der Waals surface area contributed by atoms with Crippen molar-refractivity contribution < 1.29 is 0 Å². The maximum atomic E-state index is 5.93. The highest BCUT2D eigenvalue weighted by Gasteiger charge is 2.40. The smallest absolute Gasteiger partial charge is 0.193 e. The number of nitrogens with one attached hydrogen (secondary N) is 1. The Bertz CT molecular complexity index is 439. The Morgan fingerprint density at radius 3 is 2.39 bits per heavy atom. The van der Waals surface area contributed by atoms with Gasteiger partial charge in [-0.25, -0.2) is 0 Å². The minimum atomic E-state index is 0.453. The van der Waals surface area contributed by atoms with E-state index in [1.165, 1.54) is 30.4 Å². The lowest BCUT2D eigenvalue weighted by Gasteiger charge is -2.11. The molecule has 2 rings (SSSR count). The number of benzene rings is 1. The molecule has 1 fully saturated rings. The second-order valence-corrected chi connectivity index (χ2v) is 5.56. The van der Waals surface area contributed by atoms with E-state index < -0.39 is 0 Å². The SMILES string of the molecule is CCC1(CN=C(N)Nc2cc(C)cc(C)c2)CC1. The van der Waals surface area contributed by atoms with Crippen LogP contribution in [-0.2, 0) is 0 Å². The highest BCUT2D eigenvalue weighted by molar-refractivity contribution is 5.92. The van der Waals surface area contributed by atoms with Gasteiger partial charge in [0.2, 0.25) is 0 Å². The molecule has 0 atom stereocenters. The molecule has 3 heteroatoms. The van der Waals surface area contributed by atoms with Gasteiger partial charge in [-0.15, -0.1) is 0 Å². The van der Waals surface area contributed by atoms with Gasteiger partial charge >= 0.3 is 0 Å². The predicted molar refractivity (Wildman–Crippen MR) is 78.0 cm³/mol. The van der Waals surface area contributed by atoms with Gasteiger partial charge in [0.25, 0.3) is 0 Å². The fraction of sp³-hybridized carbons (Fsp3) is 0.533. The third-order valence-electron chi connectivity index (χ3n) is 3.79. The molecule has 0 aliphatic heterocycles. The van der Waals surface area contributed by atoms with Crippen LogP contribution < -0.4 is 11.1 Å². The Hall–Kier alpha value is -1.51. The molecule has 0 unspecified atom stereocenters. The summed E-state index contributed by atoms with van der Waals surface area (Å²) in [4.78, 5) is 4.47. The molecular weight excluding hydrogens is 222 g/mol. The number of aliphatic imine (C=N–C) groups is 1. The van der Waals surface area contributed by atoms with E-state index in [1.807, 2.05) is 0 Å². The van der Waals surface area contributed by atoms with E-state index in [2.05, 4.69) is 49.3 Å². The summed E-state index contributed by atoms with van der Waals surface area (Å²) in [7, 11) is 0. The zero-order valence-electron chi connectivity index (χ0n) is 11.6. The van der Waals surface area contributed by atoms with Gasteiger partial charge in [0, 0.05) is 12.2 Å². The number of aryl methyl sites for hydroxylation is 2. The first-order valence-electron chi connectivity index (χ1n) is 6.68. The first-order chi connectivity index (χ1) is 8.53. The van der Waals surface area contributed by atoms with Gasteiger partial charge < -0.3 is 11.1 Å². The Kier molecular flexibility index (Phi) is 3.60. The van der Waals surface area contributed by atoms with Crippen molar-refractivity contribution in [2.75, 3.05) is 11.9 Å². The quantitative estimate of drug-likeness (QED) is 0.632. The minimum absolute atomic E-state index is 0.453. The van der Waals surface area contributed by atoms with Crippen LogP contribution >= 0.6 is 0 Å². The minimum Gasteiger partial charge on any atom is -0.370 e. The van der Waals surface area contributed by atoms with Crippen LogP contribution in [0, 0.1) is 19.3 Å². The van der Waals surface area contributed by atoms with Gasteiger partial charge in [0.15, 0.2) is 5.96 Å². The molecule has 1 aliphatic rings. The lowest BCUT2D eigenvalue weighted by Crippen LogP contribution is -2.24. The summed E-state index contributed by atoms with van der Waals surface area (Å²) >= 11 is 0. The van der Waals surface area contributed by atoms with Gasteiger partial charge in [-0.2, -0.15) is 0 Å². The number of nitrogens with zero attached hydrogens (tertiary/aromatic N) is 1. The normalized spacial score (nSPS) is 17.6. The average Bonchev–Trinajstić information content (AvgIpc) is 3.05. The molecule has 0 bridgehead atoms. The maximum absolute atomic E-state index is 5.93. The third-order valence-corrected chi connectivity index (χ3v) is 3.79. The van der Waals surface area contributed by atoms with Gasteiger partial charge in [-0.05, 0) is 61.8 Å². The summed E-state index contributed by atoms with van der Waals surface area (Å²) in [5.41, 5.74) is 9.88. The lowest BCUT2D eigenvalue weighted by atomic mass is 10.1. The van der Waals surface area contributed by atoms with Crippen LogP contribution in [0.5, 0.6) is 0 Å². The number of hydrogen-bond donors (Lipinski definition) is 2. The van der Waals surface area contributed by atoms with Crippen molar-refractivity contribution in [2.45, 2.75) is 40.0 Å². The standard InChI is InChI=1S/C15H23N3/c1-4-15(5-6-15)10-17-14(16)18-13-8-11(2)7-12(3)9-13/h7-9H,4-6,10H2,1-3H3,(H3,16,17,18). The highest BCUT2D eigenvalue weighted by atomic mass is 15.1. The number of nitrogens with two attached hydrogens (primary N) is 1. The van der Waals surface area contributed by atoms with Crippen molar-refractivity contribution in [3.05, 3.63) is 29.3 Å². The van der Waals surface area contributed by atoms with Crippen LogP contribution in [0.4, 0.5) is 5.69 Å². The van der Waals surface area contributed by atoms with Crippen LogP contribution in [0.3, 0.4) is 0 Å². The van der Waals surface area contributed by atoms with Crippen LogP contribution in [0.2, 0.25) is 0 Å². The fourth-order valence-corrected chi connectivity index (χ4v) is 2.29. The predicted octanol–water partition coefficient (Wildman–Crippen LogP) is 3.22. The molecule has 0 spiro atoms. The van der Waals surface area contributed by atoms with Crippen LogP contribution in [0.1, 0.15) is 37.3 Å². The Morgan fingerprint density at radius 2 is 1.89 bits per heavy atom. The van der Waals surface area contributed by atoms with Crippen molar-refractivity contribution in [1.29, 1.82) is 0 Å². The molecule has 1 aliphatic carbocycles. The van der Waals surface area contributed by atoms with Crippen LogP contribution in [0.25, 0.3) is 0 Å². The maximum Gasteiger partial charge on any atom is 0.193 e. The number of guanidine groups is 1. The molecule has 0 radical (unpaired) electrons. The first-order valence-corrected chi connectivity index (χ1v) is 6.68. The monoisotopic (exact) mass is 245 g/mol. The molecule has 0 aromatic heterocycles. The topological polar surface area (TPSA) is 50.4 Å². The molecule has 98 valence electrons. The van der Waals surface area contributed by atoms with Crippen molar-refractivity contribution in [3.63, 3.8) is 0 Å². The highest BCUT2D eigenvalue weighted by Crippen LogP contribution is 2.48. The Morgan fingerprint density at radius 1 is 1.28 bits per heavy atom. The van der Waals surface area contributed by atoms with Crippen molar-refractivity contribution in [2.24, 2.45) is 16.1 Å². The lowest BCUT2D eigenvalue weighted by molar-refractivity contribution is 0.506. The number of hydrogen-bond acceptors (Lipinski definition) is 1. The van der Waals surface area contributed by atoms with E-state index in [0.29, 0.717) is 11.4 Å². The third kappa shape index (κ3) is 3.25. The molecule has 18 heavy (non-hydrogen) atoms. The second kappa shape index (κ2) is 5.01. The molecule has 0 heterocycles. The summed E-state index contributed by atoms with van der Waals surface area (Å²) in [6.45, 7) is 7.26. The summed E-state index contributed by atoms with van der Waals surface area (Å²) in [5, 5.41) is 3.18. The van der Waals surface area contributed by atoms with E-state index in [0.717, 1.165) is 12.2 Å². The summed E-state index contributed by atoms with van der Waals surface area (Å²) in [6.07, 6.45) is 3.79. The second-order valence-electron chi connectivity index (χ2n) is 5.56. The fourth-order valence-electron chi connectivity index (χ4n) is 2.29. The summed E-state index contributed by atoms with van der Waals surface area (Å²) in [6, 6.07) is 6.32. The number of anilines is 1. The Labute approximate surface area is 109 Å². The molecule has 1 saturated carbocycles. The van der Waals surface area contributed by atoms with E-state index in [4.69, 9.17) is 5.73 Å². The molecule has 3 N–H and O–H groups in total. The first kappa shape index (κ1) is 12.9. The van der Waals surface area contributed by atoms with Crippen LogP contribution in [0.15, 0.2) is 23.2 Å². The number of rotatable bonds is 4. The van der Waals surface area contributed by atoms with Crippen LogP contribution in [-0.4, -0.2) is 12.5 Å². The molecule has 0 saturated heterocycles. The molecule has 0 amide bonds. The van der Waals surface area contributed by atoms with Gasteiger partial charge in [0.05, 0.1) is 0 Å². The van der Waals surface area contributed by atoms with Gasteiger partial charge in [0.1, 0.15) is 0 Å². The molecular formula is C15H23N3. The van der Waals surface area contributed by atoms with Crippen molar-refractivity contribution in [3.8, 4) is 0 Å².